The molecule has 0 heterocycles. The number of benzene rings is 1. The van der Waals surface area contributed by atoms with Crippen molar-refractivity contribution in [3.8, 4) is 0 Å². The predicted molar refractivity (Wildman–Crippen MR) is 67.2 cm³/mol. The summed E-state index contributed by atoms with van der Waals surface area (Å²) in [6.07, 6.45) is 3.01. The van der Waals surface area contributed by atoms with E-state index in [0.29, 0.717) is 18.5 Å². The van der Waals surface area contributed by atoms with Gasteiger partial charge in [-0.25, -0.2) is 21.9 Å². The lowest BCUT2D eigenvalue weighted by Gasteiger charge is -2.07. The molecule has 1 aromatic carbocycles. The highest BCUT2D eigenvalue weighted by atomic mass is 32.2. The fourth-order valence-corrected chi connectivity index (χ4v) is 2.70. The normalized spacial score (nSPS) is 15.7. The fourth-order valence-electron chi connectivity index (χ4n) is 1.62. The van der Waals surface area contributed by atoms with Crippen molar-refractivity contribution in [3.63, 3.8) is 0 Å². The molecular weight excluding hydrogens is 274 g/mol. The summed E-state index contributed by atoms with van der Waals surface area (Å²) in [6, 6.07) is 3.12. The van der Waals surface area contributed by atoms with Crippen molar-refractivity contribution in [2.45, 2.75) is 30.2 Å². The molecule has 0 aliphatic heterocycles. The molecule has 2 rings (SSSR count). The van der Waals surface area contributed by atoms with E-state index in [1.807, 2.05) is 0 Å². The Balaban J connectivity index is 1.84. The first-order chi connectivity index (χ1) is 8.99. The number of hydrogen-bond donors (Lipinski definition) is 2. The highest BCUT2D eigenvalue weighted by Crippen LogP contribution is 2.18. The van der Waals surface area contributed by atoms with Gasteiger partial charge in [0.05, 0.1) is 4.90 Å². The van der Waals surface area contributed by atoms with Crippen LogP contribution >= 0.6 is 0 Å². The minimum Gasteiger partial charge on any atom is -0.314 e. The van der Waals surface area contributed by atoms with E-state index in [2.05, 4.69) is 10.0 Å². The van der Waals surface area contributed by atoms with E-state index in [-0.39, 0.29) is 11.4 Å². The average molecular weight is 290 g/mol. The van der Waals surface area contributed by atoms with Crippen molar-refractivity contribution in [2.75, 3.05) is 13.1 Å². The molecule has 1 saturated carbocycles. The largest absolute Gasteiger partial charge is 0.314 e. The number of hydrogen-bond acceptors (Lipinski definition) is 3. The number of halogens is 2. The highest BCUT2D eigenvalue weighted by molar-refractivity contribution is 7.89. The van der Waals surface area contributed by atoms with E-state index < -0.39 is 21.7 Å². The van der Waals surface area contributed by atoms with Crippen molar-refractivity contribution in [3.05, 3.63) is 29.8 Å². The average Bonchev–Trinajstić information content (AvgIpc) is 3.16. The third kappa shape index (κ3) is 4.22. The molecule has 0 bridgehead atoms. The lowest BCUT2D eigenvalue weighted by Crippen LogP contribution is -2.28. The Morgan fingerprint density at radius 2 is 1.89 bits per heavy atom. The van der Waals surface area contributed by atoms with Crippen molar-refractivity contribution in [2.24, 2.45) is 0 Å². The lowest BCUT2D eigenvalue weighted by molar-refractivity contribution is 0.504. The van der Waals surface area contributed by atoms with Gasteiger partial charge in [0.15, 0.2) is 11.6 Å². The maximum atomic E-state index is 13.0. The highest BCUT2D eigenvalue weighted by Gasteiger charge is 2.20. The van der Waals surface area contributed by atoms with Crippen LogP contribution in [0.25, 0.3) is 0 Å². The maximum absolute atomic E-state index is 13.0. The molecular formula is C12H16F2N2O2S. The molecule has 1 aliphatic rings. The number of nitrogens with one attached hydrogen (secondary N) is 2. The summed E-state index contributed by atoms with van der Waals surface area (Å²) < 4.78 is 51.6. The summed E-state index contributed by atoms with van der Waals surface area (Å²) in [5, 5.41) is 3.25. The number of sulfonamides is 1. The molecule has 0 atom stereocenters. The molecule has 0 saturated heterocycles. The Kier molecular flexibility index (Phi) is 4.49. The van der Waals surface area contributed by atoms with E-state index >= 15 is 0 Å². The molecule has 106 valence electrons. The maximum Gasteiger partial charge on any atom is 0.240 e. The van der Waals surface area contributed by atoms with E-state index in [0.717, 1.165) is 18.7 Å². The van der Waals surface area contributed by atoms with Crippen LogP contribution in [0.5, 0.6) is 0 Å². The third-order valence-corrected chi connectivity index (χ3v) is 4.32. The summed E-state index contributed by atoms with van der Waals surface area (Å²) in [6.45, 7) is 1.01. The van der Waals surface area contributed by atoms with Gasteiger partial charge in [0.2, 0.25) is 10.0 Å². The third-order valence-electron chi connectivity index (χ3n) is 2.86. The molecule has 7 heteroatoms. The standard InChI is InChI=1S/C12H16F2N2O2S/c13-11-5-4-10(8-12(11)14)19(17,18)16-7-1-6-15-9-2-3-9/h4-5,8-9,15-16H,1-3,6-7H2. The quantitative estimate of drug-likeness (QED) is 0.746. The van der Waals surface area contributed by atoms with Gasteiger partial charge >= 0.3 is 0 Å². The van der Waals surface area contributed by atoms with E-state index in [1.165, 1.54) is 12.8 Å². The van der Waals surface area contributed by atoms with Crippen LogP contribution in [0.3, 0.4) is 0 Å². The zero-order valence-corrected chi connectivity index (χ0v) is 11.1. The second kappa shape index (κ2) is 5.94. The Bertz CT molecular complexity index is 545. The molecule has 0 amide bonds. The van der Waals surface area contributed by atoms with Crippen LogP contribution < -0.4 is 10.0 Å². The minimum atomic E-state index is -3.77. The smallest absolute Gasteiger partial charge is 0.240 e. The Hall–Kier alpha value is -1.05. The second-order valence-corrected chi connectivity index (χ2v) is 6.32. The molecule has 1 aromatic rings. The lowest BCUT2D eigenvalue weighted by atomic mass is 10.3. The van der Waals surface area contributed by atoms with Gasteiger partial charge in [0, 0.05) is 12.6 Å². The summed E-state index contributed by atoms with van der Waals surface area (Å²) >= 11 is 0. The van der Waals surface area contributed by atoms with Crippen molar-refractivity contribution in [1.29, 1.82) is 0 Å². The number of rotatable bonds is 7. The van der Waals surface area contributed by atoms with Gasteiger partial charge in [-0.2, -0.15) is 0 Å². The summed E-state index contributed by atoms with van der Waals surface area (Å²) in [5.74, 6) is -2.23. The van der Waals surface area contributed by atoms with Gasteiger partial charge in [-0.15, -0.1) is 0 Å². The first kappa shape index (κ1) is 14.4. The van der Waals surface area contributed by atoms with Crippen LogP contribution in [0.4, 0.5) is 8.78 Å². The van der Waals surface area contributed by atoms with E-state index in [4.69, 9.17) is 0 Å². The fraction of sp³-hybridized carbons (Fsp3) is 0.500. The van der Waals surface area contributed by atoms with E-state index in [9.17, 15) is 17.2 Å². The van der Waals surface area contributed by atoms with Crippen LogP contribution in [0, 0.1) is 11.6 Å². The Morgan fingerprint density at radius 1 is 1.16 bits per heavy atom. The minimum absolute atomic E-state index is 0.262. The molecule has 2 N–H and O–H groups in total. The first-order valence-electron chi connectivity index (χ1n) is 6.17. The van der Waals surface area contributed by atoms with Gasteiger partial charge in [0.25, 0.3) is 0 Å². The predicted octanol–water partition coefficient (Wildman–Crippen LogP) is 1.39. The molecule has 4 nitrogen and oxygen atoms in total. The van der Waals surface area contributed by atoms with Gasteiger partial charge in [-0.3, -0.25) is 0 Å². The first-order valence-corrected chi connectivity index (χ1v) is 7.65. The molecule has 1 fully saturated rings. The van der Waals surface area contributed by atoms with Gasteiger partial charge in [-0.1, -0.05) is 0 Å². The summed E-state index contributed by atoms with van der Waals surface area (Å²) in [4.78, 5) is -0.262. The van der Waals surface area contributed by atoms with Crippen LogP contribution in [0.1, 0.15) is 19.3 Å². The second-order valence-electron chi connectivity index (χ2n) is 4.56. The van der Waals surface area contributed by atoms with Crippen LogP contribution in [-0.4, -0.2) is 27.5 Å². The topological polar surface area (TPSA) is 58.2 Å². The van der Waals surface area contributed by atoms with Crippen molar-refractivity contribution < 1.29 is 17.2 Å². The molecule has 1 aliphatic carbocycles. The molecule has 0 radical (unpaired) electrons. The van der Waals surface area contributed by atoms with Gasteiger partial charge in [-0.05, 0) is 44.0 Å². The zero-order chi connectivity index (χ0) is 13.9. The van der Waals surface area contributed by atoms with Gasteiger partial charge < -0.3 is 5.32 Å². The molecule has 0 aromatic heterocycles. The van der Waals surface area contributed by atoms with Gasteiger partial charge in [0.1, 0.15) is 0 Å². The SMILES string of the molecule is O=S(=O)(NCCCNC1CC1)c1ccc(F)c(F)c1. The molecule has 0 spiro atoms. The van der Waals surface area contributed by atoms with Crippen molar-refractivity contribution >= 4 is 10.0 Å². The summed E-state index contributed by atoms with van der Waals surface area (Å²) in [5.41, 5.74) is 0. The van der Waals surface area contributed by atoms with Crippen molar-refractivity contribution in [1.82, 2.24) is 10.0 Å². The Labute approximate surface area is 111 Å². The monoisotopic (exact) mass is 290 g/mol. The molecule has 19 heavy (non-hydrogen) atoms. The molecule has 0 unspecified atom stereocenters. The van der Waals surface area contributed by atoms with Crippen LogP contribution in [-0.2, 0) is 10.0 Å². The summed E-state index contributed by atoms with van der Waals surface area (Å²) in [7, 11) is -3.77. The van der Waals surface area contributed by atoms with E-state index in [1.54, 1.807) is 0 Å². The van der Waals surface area contributed by atoms with Crippen LogP contribution in [0.2, 0.25) is 0 Å². The Morgan fingerprint density at radius 3 is 2.53 bits per heavy atom. The zero-order valence-electron chi connectivity index (χ0n) is 10.3. The van der Waals surface area contributed by atoms with Crippen LogP contribution in [0.15, 0.2) is 23.1 Å².